The molecule has 1 N–H and O–H groups in total. The number of carbonyl (C=O) groups is 1. The van der Waals surface area contributed by atoms with Gasteiger partial charge in [0.15, 0.2) is 5.82 Å². The zero-order chi connectivity index (χ0) is 18.5. The van der Waals surface area contributed by atoms with Crippen LogP contribution in [0.25, 0.3) is 10.6 Å². The summed E-state index contributed by atoms with van der Waals surface area (Å²) in [6.07, 6.45) is 0. The summed E-state index contributed by atoms with van der Waals surface area (Å²) in [7, 11) is 1.65. The third-order valence-electron chi connectivity index (χ3n) is 3.62. The van der Waals surface area contributed by atoms with Crippen molar-refractivity contribution in [1.29, 1.82) is 0 Å². The van der Waals surface area contributed by atoms with E-state index in [-0.39, 0.29) is 11.2 Å². The van der Waals surface area contributed by atoms with E-state index < -0.39 is 0 Å². The monoisotopic (exact) mass is 389 g/mol. The number of nitrogens with one attached hydrogen (secondary N) is 1. The van der Waals surface area contributed by atoms with Crippen molar-refractivity contribution in [3.8, 4) is 16.3 Å². The van der Waals surface area contributed by atoms with Crippen LogP contribution in [0.4, 0.5) is 5.82 Å². The number of ether oxygens (including phenoxy) is 1. The summed E-state index contributed by atoms with van der Waals surface area (Å²) in [6.45, 7) is 3.65. The molecule has 1 amide bonds. The van der Waals surface area contributed by atoms with E-state index in [2.05, 4.69) is 15.5 Å². The van der Waals surface area contributed by atoms with Gasteiger partial charge in [-0.15, -0.1) is 23.1 Å². The van der Waals surface area contributed by atoms with Gasteiger partial charge < -0.3 is 14.6 Å². The van der Waals surface area contributed by atoms with Crippen LogP contribution in [0.3, 0.4) is 0 Å². The van der Waals surface area contributed by atoms with E-state index in [1.807, 2.05) is 36.6 Å². The first kappa shape index (κ1) is 18.5. The number of aryl methyl sites for hydroxylation is 1. The standard InChI is InChI=1S/C18H19N3O3S2/c1-11-8-16(21-24-11)20-17(22)12(2)25-9-14-10-26-18(19-14)13-4-6-15(23-3)7-5-13/h4-8,10,12H,9H2,1-3H3,(H,20,21,22)/t12-/m0/s1. The summed E-state index contributed by atoms with van der Waals surface area (Å²) in [5.41, 5.74) is 2.02. The van der Waals surface area contributed by atoms with E-state index in [1.165, 1.54) is 11.8 Å². The Kier molecular flexibility index (Phi) is 5.95. The second-order valence-electron chi connectivity index (χ2n) is 5.64. The zero-order valence-electron chi connectivity index (χ0n) is 14.7. The van der Waals surface area contributed by atoms with Crippen molar-refractivity contribution in [3.63, 3.8) is 0 Å². The van der Waals surface area contributed by atoms with E-state index in [0.29, 0.717) is 17.3 Å². The van der Waals surface area contributed by atoms with Crippen LogP contribution in [0.15, 0.2) is 40.2 Å². The highest BCUT2D eigenvalue weighted by molar-refractivity contribution is 7.99. The maximum atomic E-state index is 12.2. The minimum absolute atomic E-state index is 0.103. The largest absolute Gasteiger partial charge is 0.497 e. The summed E-state index contributed by atoms with van der Waals surface area (Å²) in [4.78, 5) is 16.8. The molecule has 26 heavy (non-hydrogen) atoms. The van der Waals surface area contributed by atoms with Gasteiger partial charge in [0.1, 0.15) is 16.5 Å². The molecule has 1 aromatic carbocycles. The molecule has 0 aliphatic carbocycles. The summed E-state index contributed by atoms with van der Waals surface area (Å²) in [5, 5.41) is 9.28. The lowest BCUT2D eigenvalue weighted by Crippen LogP contribution is -2.22. The lowest BCUT2D eigenvalue weighted by atomic mass is 10.2. The summed E-state index contributed by atoms with van der Waals surface area (Å²) < 4.78 is 10.1. The predicted molar refractivity (Wildman–Crippen MR) is 105 cm³/mol. The molecular weight excluding hydrogens is 370 g/mol. The van der Waals surface area contributed by atoms with Crippen LogP contribution in [0, 0.1) is 6.92 Å². The smallest absolute Gasteiger partial charge is 0.238 e. The molecule has 6 nitrogen and oxygen atoms in total. The molecule has 8 heteroatoms. The Balaban J connectivity index is 1.54. The number of methoxy groups -OCH3 is 1. The Bertz CT molecular complexity index is 874. The molecule has 0 aliphatic heterocycles. The maximum absolute atomic E-state index is 12.2. The highest BCUT2D eigenvalue weighted by Gasteiger charge is 2.16. The average molecular weight is 390 g/mol. The van der Waals surface area contributed by atoms with Crippen molar-refractivity contribution >= 4 is 34.8 Å². The lowest BCUT2D eigenvalue weighted by molar-refractivity contribution is -0.115. The molecule has 0 saturated heterocycles. The Morgan fingerprint density at radius 2 is 2.15 bits per heavy atom. The van der Waals surface area contributed by atoms with Crippen LogP contribution in [0.1, 0.15) is 18.4 Å². The molecule has 2 heterocycles. The molecule has 0 bridgehead atoms. The van der Waals surface area contributed by atoms with E-state index >= 15 is 0 Å². The third kappa shape index (κ3) is 4.64. The van der Waals surface area contributed by atoms with E-state index in [4.69, 9.17) is 9.26 Å². The van der Waals surface area contributed by atoms with Gasteiger partial charge in [-0.2, -0.15) is 0 Å². The summed E-state index contributed by atoms with van der Waals surface area (Å²) in [5.74, 6) is 2.49. The number of amides is 1. The average Bonchev–Trinajstić information content (AvgIpc) is 3.28. The van der Waals surface area contributed by atoms with E-state index in [0.717, 1.165) is 22.0 Å². The van der Waals surface area contributed by atoms with Gasteiger partial charge in [0, 0.05) is 22.8 Å². The quantitative estimate of drug-likeness (QED) is 0.646. The highest BCUT2D eigenvalue weighted by atomic mass is 32.2. The molecule has 136 valence electrons. The Morgan fingerprint density at radius 3 is 2.81 bits per heavy atom. The number of benzene rings is 1. The second-order valence-corrected chi connectivity index (χ2v) is 7.83. The molecule has 0 spiro atoms. The van der Waals surface area contributed by atoms with Gasteiger partial charge in [0.2, 0.25) is 5.91 Å². The van der Waals surface area contributed by atoms with Crippen molar-refractivity contribution in [2.24, 2.45) is 0 Å². The normalized spacial score (nSPS) is 12.0. The van der Waals surface area contributed by atoms with Gasteiger partial charge in [-0.25, -0.2) is 4.98 Å². The minimum Gasteiger partial charge on any atom is -0.497 e. The van der Waals surface area contributed by atoms with Crippen molar-refractivity contribution in [2.45, 2.75) is 24.9 Å². The molecular formula is C18H19N3O3S2. The van der Waals surface area contributed by atoms with Gasteiger partial charge in [-0.3, -0.25) is 4.79 Å². The summed E-state index contributed by atoms with van der Waals surface area (Å²) >= 11 is 3.13. The van der Waals surface area contributed by atoms with Crippen molar-refractivity contribution in [2.75, 3.05) is 12.4 Å². The van der Waals surface area contributed by atoms with Gasteiger partial charge in [-0.05, 0) is 38.1 Å². The van der Waals surface area contributed by atoms with E-state index in [9.17, 15) is 4.79 Å². The van der Waals surface area contributed by atoms with Crippen molar-refractivity contribution in [3.05, 3.63) is 47.2 Å². The summed E-state index contributed by atoms with van der Waals surface area (Å²) in [6, 6.07) is 9.51. The third-order valence-corrected chi connectivity index (χ3v) is 5.74. The van der Waals surface area contributed by atoms with Gasteiger partial charge in [0.05, 0.1) is 18.1 Å². The Labute approximate surface area is 160 Å². The molecule has 2 aromatic heterocycles. The molecule has 0 unspecified atom stereocenters. The lowest BCUT2D eigenvalue weighted by Gasteiger charge is -2.09. The number of anilines is 1. The number of rotatable bonds is 7. The first-order valence-electron chi connectivity index (χ1n) is 8.00. The fourth-order valence-electron chi connectivity index (χ4n) is 2.18. The number of hydrogen-bond acceptors (Lipinski definition) is 7. The van der Waals surface area contributed by atoms with Crippen LogP contribution in [-0.2, 0) is 10.5 Å². The zero-order valence-corrected chi connectivity index (χ0v) is 16.3. The molecule has 0 fully saturated rings. The first-order valence-corrected chi connectivity index (χ1v) is 9.92. The van der Waals surface area contributed by atoms with E-state index in [1.54, 1.807) is 31.4 Å². The number of carbonyl (C=O) groups excluding carboxylic acids is 1. The molecule has 0 radical (unpaired) electrons. The molecule has 1 atom stereocenters. The van der Waals surface area contributed by atoms with Crippen LogP contribution in [0.2, 0.25) is 0 Å². The van der Waals surface area contributed by atoms with Crippen LogP contribution in [-0.4, -0.2) is 28.4 Å². The number of thioether (sulfide) groups is 1. The first-order chi connectivity index (χ1) is 12.5. The molecule has 3 aromatic rings. The van der Waals surface area contributed by atoms with Crippen molar-refractivity contribution < 1.29 is 14.1 Å². The van der Waals surface area contributed by atoms with Gasteiger partial charge in [0.25, 0.3) is 0 Å². The molecule has 3 rings (SSSR count). The fraction of sp³-hybridized carbons (Fsp3) is 0.278. The van der Waals surface area contributed by atoms with Crippen LogP contribution >= 0.6 is 23.1 Å². The second kappa shape index (κ2) is 8.37. The number of nitrogens with zero attached hydrogens (tertiary/aromatic N) is 2. The fourth-order valence-corrected chi connectivity index (χ4v) is 3.89. The minimum atomic E-state index is -0.224. The van der Waals surface area contributed by atoms with Crippen LogP contribution in [0.5, 0.6) is 5.75 Å². The number of hydrogen-bond donors (Lipinski definition) is 1. The van der Waals surface area contributed by atoms with Gasteiger partial charge in [-0.1, -0.05) is 5.16 Å². The maximum Gasteiger partial charge on any atom is 0.238 e. The van der Waals surface area contributed by atoms with Crippen molar-refractivity contribution in [1.82, 2.24) is 10.1 Å². The van der Waals surface area contributed by atoms with Gasteiger partial charge >= 0.3 is 0 Å². The molecule has 0 saturated carbocycles. The topological polar surface area (TPSA) is 77.2 Å². The predicted octanol–water partition coefficient (Wildman–Crippen LogP) is 4.38. The molecule has 0 aliphatic rings. The number of thiazole rings is 1. The highest BCUT2D eigenvalue weighted by Crippen LogP contribution is 2.28. The Hall–Kier alpha value is -2.32. The van der Waals surface area contributed by atoms with Crippen LogP contribution < -0.4 is 10.1 Å². The Morgan fingerprint density at radius 1 is 1.38 bits per heavy atom. The number of aromatic nitrogens is 2. The SMILES string of the molecule is COc1ccc(-c2nc(CS[C@@H](C)C(=O)Nc3cc(C)on3)cs2)cc1.